The van der Waals surface area contributed by atoms with Crippen LogP contribution < -0.4 is 9.80 Å². The quantitative estimate of drug-likeness (QED) is 0.464. The first-order valence-electron chi connectivity index (χ1n) is 12.6. The number of benzene rings is 1. The number of piperidine rings is 2. The van der Waals surface area contributed by atoms with E-state index in [9.17, 15) is 23.1 Å². The monoisotopic (exact) mass is 514 g/mol. The maximum atomic E-state index is 13.6. The molecule has 196 valence electrons. The minimum absolute atomic E-state index is 0.149. The van der Waals surface area contributed by atoms with Crippen LogP contribution in [0.3, 0.4) is 0 Å². The summed E-state index contributed by atoms with van der Waals surface area (Å²) in [6.07, 6.45) is 0.207. The zero-order valence-corrected chi connectivity index (χ0v) is 20.4. The Morgan fingerprint density at radius 3 is 2.30 bits per heavy atom. The van der Waals surface area contributed by atoms with Crippen LogP contribution >= 0.6 is 0 Å². The van der Waals surface area contributed by atoms with Crippen LogP contribution in [-0.4, -0.2) is 47.0 Å². The molecule has 2 aliphatic rings. The van der Waals surface area contributed by atoms with Crippen molar-refractivity contribution in [2.24, 2.45) is 0 Å². The summed E-state index contributed by atoms with van der Waals surface area (Å²) in [7, 11) is 0. The lowest BCUT2D eigenvalue weighted by molar-refractivity contribution is -0.141. The van der Waals surface area contributed by atoms with Gasteiger partial charge in [-0.05, 0) is 49.3 Å². The van der Waals surface area contributed by atoms with E-state index in [1.807, 2.05) is 35.2 Å². The number of carbonyl (C=O) groups excluding carboxylic acids is 1. The number of ketones is 1. The number of aliphatic hydroxyl groups is 1. The lowest BCUT2D eigenvalue weighted by Crippen LogP contribution is -2.42. The third-order valence-electron chi connectivity index (χ3n) is 7.16. The molecule has 3 aromatic rings. The highest BCUT2D eigenvalue weighted by Crippen LogP contribution is 2.36. The Morgan fingerprint density at radius 1 is 0.973 bits per heavy atom. The van der Waals surface area contributed by atoms with Gasteiger partial charge >= 0.3 is 6.18 Å². The number of aromatic nitrogens is 2. The second kappa shape index (κ2) is 10.2. The zero-order chi connectivity index (χ0) is 26.0. The molecule has 1 N–H and O–H groups in total. The number of hydrogen-bond donors (Lipinski definition) is 1. The summed E-state index contributed by atoms with van der Waals surface area (Å²) < 4.78 is 46.2. The third kappa shape index (κ3) is 5.49. The molecule has 0 saturated carbocycles. The second-order valence-corrected chi connectivity index (χ2v) is 9.73. The number of anilines is 2. The highest BCUT2D eigenvalue weighted by atomic mass is 19.4. The summed E-state index contributed by atoms with van der Waals surface area (Å²) in [5.74, 6) is -0.855. The van der Waals surface area contributed by atoms with E-state index in [0.717, 1.165) is 24.8 Å². The maximum absolute atomic E-state index is 13.6. The van der Waals surface area contributed by atoms with Gasteiger partial charge in [0, 0.05) is 38.8 Å². The van der Waals surface area contributed by atoms with Crippen molar-refractivity contribution in [2.45, 2.75) is 50.3 Å². The fourth-order valence-electron chi connectivity index (χ4n) is 5.03. The molecule has 2 fully saturated rings. The number of nitrogens with zero attached hydrogens (tertiary/aromatic N) is 4. The van der Waals surface area contributed by atoms with Crippen molar-refractivity contribution in [3.8, 4) is 0 Å². The Balaban J connectivity index is 1.25. The minimum atomic E-state index is -4.79. The molecule has 0 radical (unpaired) electrons. The second-order valence-electron chi connectivity index (χ2n) is 9.73. The van der Waals surface area contributed by atoms with E-state index >= 15 is 0 Å². The van der Waals surface area contributed by atoms with Crippen LogP contribution in [0.15, 0.2) is 53.1 Å². The van der Waals surface area contributed by atoms with Crippen molar-refractivity contribution in [1.82, 2.24) is 9.97 Å². The van der Waals surface area contributed by atoms with Crippen LogP contribution in [0.1, 0.15) is 59.5 Å². The van der Waals surface area contributed by atoms with Crippen molar-refractivity contribution < 1.29 is 27.5 Å². The summed E-state index contributed by atoms with van der Waals surface area (Å²) in [5, 5.41) is 11.0. The summed E-state index contributed by atoms with van der Waals surface area (Å²) >= 11 is 0. The Hall–Kier alpha value is -3.40. The molecule has 1 aromatic carbocycles. The molecule has 4 heterocycles. The van der Waals surface area contributed by atoms with Gasteiger partial charge in [-0.25, -0.2) is 4.98 Å². The zero-order valence-electron chi connectivity index (χ0n) is 20.4. The third-order valence-corrected chi connectivity index (χ3v) is 7.16. The number of halogens is 3. The van der Waals surface area contributed by atoms with Gasteiger partial charge in [0.15, 0.2) is 5.69 Å². The molecule has 0 bridgehead atoms. The Kier molecular flexibility index (Phi) is 6.94. The predicted octanol–water partition coefficient (Wildman–Crippen LogP) is 4.99. The highest BCUT2D eigenvalue weighted by molar-refractivity contribution is 5.96. The number of hydrogen-bond acceptors (Lipinski definition) is 7. The summed E-state index contributed by atoms with van der Waals surface area (Å²) in [6.45, 7) is 2.30. The van der Waals surface area contributed by atoms with Crippen LogP contribution in [0.25, 0.3) is 0 Å². The van der Waals surface area contributed by atoms with Crippen LogP contribution in [0.5, 0.6) is 0 Å². The van der Waals surface area contributed by atoms with E-state index in [0.29, 0.717) is 50.4 Å². The first kappa shape index (κ1) is 25.3. The summed E-state index contributed by atoms with van der Waals surface area (Å²) in [4.78, 5) is 24.6. The van der Waals surface area contributed by atoms with Crippen LogP contribution in [-0.2, 0) is 18.2 Å². The van der Waals surface area contributed by atoms with E-state index in [-0.39, 0.29) is 12.4 Å². The van der Waals surface area contributed by atoms with Crippen molar-refractivity contribution in [1.29, 1.82) is 0 Å². The van der Waals surface area contributed by atoms with Gasteiger partial charge in [-0.1, -0.05) is 36.4 Å². The normalized spacial score (nSPS) is 18.2. The predicted molar refractivity (Wildman–Crippen MR) is 132 cm³/mol. The largest absolute Gasteiger partial charge is 0.437 e. The van der Waals surface area contributed by atoms with Gasteiger partial charge in [0.05, 0.1) is 5.60 Å². The van der Waals surface area contributed by atoms with E-state index in [4.69, 9.17) is 4.42 Å². The number of Topliss-reactive ketones (excluding diaryl/α,β-unsaturated/α-hetero) is 1. The van der Waals surface area contributed by atoms with Gasteiger partial charge in [-0.15, -0.1) is 0 Å². The molecule has 0 spiro atoms. The number of alkyl halides is 3. The maximum Gasteiger partial charge on any atom is 0.437 e. The first-order chi connectivity index (χ1) is 17.7. The number of rotatable bonds is 6. The van der Waals surface area contributed by atoms with Crippen molar-refractivity contribution in [3.63, 3.8) is 0 Å². The smallest absolute Gasteiger partial charge is 0.420 e. The van der Waals surface area contributed by atoms with Crippen LogP contribution in [0.2, 0.25) is 0 Å². The lowest BCUT2D eigenvalue weighted by atomic mass is 9.84. The molecular formula is C27H29F3N4O3. The molecule has 7 nitrogen and oxygen atoms in total. The molecule has 0 atom stereocenters. The molecule has 5 rings (SSSR count). The van der Waals surface area contributed by atoms with Crippen LogP contribution in [0, 0.1) is 0 Å². The fraction of sp³-hybridized carbons (Fsp3) is 0.444. The molecule has 0 aliphatic carbocycles. The first-order valence-corrected chi connectivity index (χ1v) is 12.6. The van der Waals surface area contributed by atoms with E-state index in [2.05, 4.69) is 9.97 Å². The van der Waals surface area contributed by atoms with Gasteiger partial charge in [0.25, 0.3) is 6.01 Å². The number of carbonyl (C=O) groups is 1. The van der Waals surface area contributed by atoms with E-state index in [1.165, 1.54) is 6.20 Å². The molecule has 37 heavy (non-hydrogen) atoms. The van der Waals surface area contributed by atoms with Crippen molar-refractivity contribution in [3.05, 3.63) is 71.2 Å². The van der Waals surface area contributed by atoms with Crippen molar-refractivity contribution >= 4 is 17.6 Å². The average Bonchev–Trinajstić information content (AvgIpc) is 3.38. The van der Waals surface area contributed by atoms with Gasteiger partial charge < -0.3 is 19.3 Å². The van der Waals surface area contributed by atoms with Gasteiger partial charge in [0.2, 0.25) is 11.5 Å². The molecule has 0 unspecified atom stereocenters. The van der Waals surface area contributed by atoms with Crippen molar-refractivity contribution in [2.75, 3.05) is 36.0 Å². The van der Waals surface area contributed by atoms with Gasteiger partial charge in [-0.2, -0.15) is 18.2 Å². The molecule has 2 aromatic heterocycles. The number of oxazole rings is 1. The molecule has 0 amide bonds. The highest BCUT2D eigenvalue weighted by Gasteiger charge is 2.42. The van der Waals surface area contributed by atoms with Crippen LogP contribution in [0.4, 0.5) is 25.0 Å². The minimum Gasteiger partial charge on any atom is -0.420 e. The molecule has 10 heteroatoms. The Bertz CT molecular complexity index is 1210. The topological polar surface area (TPSA) is 82.7 Å². The van der Waals surface area contributed by atoms with Gasteiger partial charge in [-0.3, -0.25) is 4.79 Å². The fourth-order valence-corrected chi connectivity index (χ4v) is 5.03. The molecular weight excluding hydrogens is 485 g/mol. The molecule has 2 saturated heterocycles. The lowest BCUT2D eigenvalue weighted by Gasteiger charge is -2.39. The SMILES string of the molecule is O=C(Cc1ccc(N2CCC(O)(c3ccccc3)CC2)nc1)c1oc(N2CCCCC2)nc1C(F)(F)F. The summed E-state index contributed by atoms with van der Waals surface area (Å²) in [5.41, 5.74) is -0.784. The standard InChI is InChI=1S/C27H29F3N4O3/c28-27(29,30)24-23(37-25(32-24)34-13-5-2-6-14-34)21(35)17-19-9-10-22(31-18-19)33-15-11-26(36,12-16-33)20-7-3-1-4-8-20/h1,3-4,7-10,18,36H,2,5-6,11-17H2. The molecule has 2 aliphatic heterocycles. The Labute approximate surface area is 212 Å². The van der Waals surface area contributed by atoms with Gasteiger partial charge in [0.1, 0.15) is 5.82 Å². The van der Waals surface area contributed by atoms with E-state index < -0.39 is 29.0 Å². The Morgan fingerprint density at radius 2 is 1.68 bits per heavy atom. The number of pyridine rings is 1. The van der Waals surface area contributed by atoms with E-state index in [1.54, 1.807) is 17.0 Å². The summed E-state index contributed by atoms with van der Waals surface area (Å²) in [6, 6.07) is 12.9. The average molecular weight is 515 g/mol.